The monoisotopic (exact) mass is 358 g/mol. The van der Waals surface area contributed by atoms with E-state index in [1.807, 2.05) is 0 Å². The van der Waals surface area contributed by atoms with Crippen molar-refractivity contribution in [2.45, 2.75) is 58.2 Å². The quantitative estimate of drug-likeness (QED) is 0.375. The Bertz CT molecular complexity index is 542. The van der Waals surface area contributed by atoms with E-state index < -0.39 is 54.4 Å². The first kappa shape index (κ1) is 20.6. The van der Waals surface area contributed by atoms with E-state index >= 15 is 0 Å². The van der Waals surface area contributed by atoms with E-state index in [4.69, 9.17) is 23.7 Å². The van der Waals surface area contributed by atoms with Crippen LogP contribution in [0, 0.1) is 0 Å². The van der Waals surface area contributed by atoms with Gasteiger partial charge in [-0.1, -0.05) is 6.08 Å². The molecule has 0 saturated carbocycles. The Kier molecular flexibility index (Phi) is 7.56. The fourth-order valence-electron chi connectivity index (χ4n) is 2.45. The molecule has 0 aromatic heterocycles. The second-order valence-corrected chi connectivity index (χ2v) is 5.40. The molecule has 0 bridgehead atoms. The molecule has 0 radical (unpaired) electrons. The Hall–Kier alpha value is -2.42. The molecule has 140 valence electrons. The molecule has 1 saturated heterocycles. The predicted molar refractivity (Wildman–Crippen MR) is 82.2 cm³/mol. The highest BCUT2D eigenvalue weighted by molar-refractivity contribution is 5.68. The summed E-state index contributed by atoms with van der Waals surface area (Å²) in [6.07, 6.45) is -3.80. The highest BCUT2D eigenvalue weighted by Gasteiger charge is 2.51. The molecule has 5 atom stereocenters. The van der Waals surface area contributed by atoms with Gasteiger partial charge in [0.05, 0.1) is 0 Å². The normalized spacial score (nSPS) is 28.4. The molecule has 9 nitrogen and oxygen atoms in total. The predicted octanol–water partition coefficient (Wildman–Crippen LogP) is 0.298. The van der Waals surface area contributed by atoms with Gasteiger partial charge >= 0.3 is 23.9 Å². The first-order chi connectivity index (χ1) is 11.6. The van der Waals surface area contributed by atoms with Crippen molar-refractivity contribution < 1.29 is 42.9 Å². The first-order valence-electron chi connectivity index (χ1n) is 7.58. The van der Waals surface area contributed by atoms with Crippen molar-refractivity contribution in [1.29, 1.82) is 0 Å². The molecule has 1 rings (SSSR count). The van der Waals surface area contributed by atoms with Crippen LogP contribution >= 0.6 is 0 Å². The molecular weight excluding hydrogens is 336 g/mol. The Labute approximate surface area is 145 Å². The maximum absolute atomic E-state index is 11.5. The van der Waals surface area contributed by atoms with Gasteiger partial charge in [0.2, 0.25) is 0 Å². The van der Waals surface area contributed by atoms with Gasteiger partial charge < -0.3 is 23.7 Å². The largest absolute Gasteiger partial charge is 0.463 e. The van der Waals surface area contributed by atoms with E-state index in [1.54, 1.807) is 0 Å². The van der Waals surface area contributed by atoms with Crippen molar-refractivity contribution in [2.24, 2.45) is 0 Å². The standard InChI is InChI=1S/C16H22O9/c1-6-12-14(22-9(3)18)16(24-11(5)20)15(23-10(4)19)13(25-12)7-21-8(2)17/h6,12-16H,1,7H2,2-5H3/t12-,13?,14?,15+,16-/m1/s1. The van der Waals surface area contributed by atoms with Crippen molar-refractivity contribution >= 4 is 23.9 Å². The van der Waals surface area contributed by atoms with Crippen LogP contribution in [0.5, 0.6) is 0 Å². The highest BCUT2D eigenvalue weighted by atomic mass is 16.7. The zero-order valence-corrected chi connectivity index (χ0v) is 14.6. The van der Waals surface area contributed by atoms with Crippen LogP contribution in [0.3, 0.4) is 0 Å². The summed E-state index contributed by atoms with van der Waals surface area (Å²) in [6, 6.07) is 0. The molecule has 1 aliphatic heterocycles. The van der Waals surface area contributed by atoms with E-state index in [0.29, 0.717) is 0 Å². The lowest BCUT2D eigenvalue weighted by atomic mass is 9.94. The van der Waals surface area contributed by atoms with Crippen LogP contribution in [-0.2, 0) is 42.9 Å². The summed E-state index contributed by atoms with van der Waals surface area (Å²) in [6.45, 7) is 8.06. The number of esters is 4. The number of rotatable bonds is 6. The van der Waals surface area contributed by atoms with Crippen molar-refractivity contribution in [1.82, 2.24) is 0 Å². The van der Waals surface area contributed by atoms with E-state index in [9.17, 15) is 19.2 Å². The molecule has 1 fully saturated rings. The number of hydrogen-bond donors (Lipinski definition) is 0. The van der Waals surface area contributed by atoms with Crippen LogP contribution in [0.4, 0.5) is 0 Å². The molecule has 9 heteroatoms. The lowest BCUT2D eigenvalue weighted by Gasteiger charge is -2.43. The van der Waals surface area contributed by atoms with Gasteiger partial charge in [-0.2, -0.15) is 0 Å². The van der Waals surface area contributed by atoms with Crippen molar-refractivity contribution in [3.05, 3.63) is 12.7 Å². The van der Waals surface area contributed by atoms with Crippen LogP contribution < -0.4 is 0 Å². The zero-order valence-electron chi connectivity index (χ0n) is 14.6. The average Bonchev–Trinajstić information content (AvgIpc) is 2.48. The van der Waals surface area contributed by atoms with Gasteiger partial charge in [-0.15, -0.1) is 6.58 Å². The van der Waals surface area contributed by atoms with Crippen LogP contribution in [0.25, 0.3) is 0 Å². The summed E-state index contributed by atoms with van der Waals surface area (Å²) in [5, 5.41) is 0. The molecule has 0 spiro atoms. The summed E-state index contributed by atoms with van der Waals surface area (Å²) in [7, 11) is 0. The van der Waals surface area contributed by atoms with Gasteiger partial charge in [0.25, 0.3) is 0 Å². The summed E-state index contributed by atoms with van der Waals surface area (Å²) in [5.74, 6) is -2.54. The second kappa shape index (κ2) is 9.16. The summed E-state index contributed by atoms with van der Waals surface area (Å²) >= 11 is 0. The minimum Gasteiger partial charge on any atom is -0.463 e. The molecule has 0 N–H and O–H groups in total. The third-order valence-corrected chi connectivity index (χ3v) is 3.26. The van der Waals surface area contributed by atoms with E-state index in [1.165, 1.54) is 19.9 Å². The van der Waals surface area contributed by atoms with Gasteiger partial charge in [-0.25, -0.2) is 0 Å². The minimum atomic E-state index is -1.15. The SMILES string of the molecule is C=C[C@H]1OC(COC(C)=O)[C@H](OC(C)=O)[C@H](OC(C)=O)C1OC(C)=O. The molecular formula is C16H22O9. The van der Waals surface area contributed by atoms with E-state index in [-0.39, 0.29) is 6.61 Å². The van der Waals surface area contributed by atoms with Gasteiger partial charge in [-0.05, 0) is 0 Å². The van der Waals surface area contributed by atoms with Gasteiger partial charge in [-0.3, -0.25) is 19.2 Å². The minimum absolute atomic E-state index is 0.248. The second-order valence-electron chi connectivity index (χ2n) is 5.40. The molecule has 2 unspecified atom stereocenters. The van der Waals surface area contributed by atoms with E-state index in [0.717, 1.165) is 13.8 Å². The number of hydrogen-bond acceptors (Lipinski definition) is 9. The molecule has 0 aliphatic carbocycles. The maximum Gasteiger partial charge on any atom is 0.303 e. The summed E-state index contributed by atoms with van der Waals surface area (Å²) in [4.78, 5) is 45.4. The fraction of sp³-hybridized carbons (Fsp3) is 0.625. The highest BCUT2D eigenvalue weighted by Crippen LogP contribution is 2.29. The summed E-state index contributed by atoms with van der Waals surface area (Å²) < 4.78 is 26.2. The smallest absolute Gasteiger partial charge is 0.303 e. The van der Waals surface area contributed by atoms with Gasteiger partial charge in [0.1, 0.15) is 18.8 Å². The van der Waals surface area contributed by atoms with Gasteiger partial charge in [0, 0.05) is 27.7 Å². The number of carbonyl (C=O) groups excluding carboxylic acids is 4. The van der Waals surface area contributed by atoms with Gasteiger partial charge in [0.15, 0.2) is 18.3 Å². The fourth-order valence-corrected chi connectivity index (χ4v) is 2.45. The molecule has 25 heavy (non-hydrogen) atoms. The molecule has 1 aliphatic rings. The Balaban J connectivity index is 3.20. The zero-order chi connectivity index (χ0) is 19.1. The average molecular weight is 358 g/mol. The summed E-state index contributed by atoms with van der Waals surface area (Å²) in [5.41, 5.74) is 0. The molecule has 0 aromatic rings. The molecule has 0 aromatic carbocycles. The van der Waals surface area contributed by atoms with Crippen LogP contribution in [0.15, 0.2) is 12.7 Å². The van der Waals surface area contributed by atoms with Crippen molar-refractivity contribution in [3.63, 3.8) is 0 Å². The van der Waals surface area contributed by atoms with Crippen LogP contribution in [-0.4, -0.2) is 61.0 Å². The molecule has 0 amide bonds. The Morgan fingerprint density at radius 3 is 1.76 bits per heavy atom. The lowest BCUT2D eigenvalue weighted by Crippen LogP contribution is -2.61. The third kappa shape index (κ3) is 6.18. The third-order valence-electron chi connectivity index (χ3n) is 3.26. The van der Waals surface area contributed by atoms with Crippen molar-refractivity contribution in [2.75, 3.05) is 6.61 Å². The topological polar surface area (TPSA) is 114 Å². The van der Waals surface area contributed by atoms with Crippen molar-refractivity contribution in [3.8, 4) is 0 Å². The van der Waals surface area contributed by atoms with Crippen LogP contribution in [0.1, 0.15) is 27.7 Å². The lowest BCUT2D eigenvalue weighted by molar-refractivity contribution is -0.244. The molecule has 1 heterocycles. The number of carbonyl (C=O) groups is 4. The van der Waals surface area contributed by atoms with Crippen LogP contribution in [0.2, 0.25) is 0 Å². The number of ether oxygens (including phenoxy) is 5. The van der Waals surface area contributed by atoms with E-state index in [2.05, 4.69) is 6.58 Å². The maximum atomic E-state index is 11.5. The Morgan fingerprint density at radius 2 is 1.32 bits per heavy atom. The Morgan fingerprint density at radius 1 is 0.840 bits per heavy atom. The first-order valence-corrected chi connectivity index (χ1v) is 7.58.